The third-order valence-corrected chi connectivity index (χ3v) is 2.25. The van der Waals surface area contributed by atoms with Crippen LogP contribution in [0.2, 0.25) is 0 Å². The van der Waals surface area contributed by atoms with Crippen LogP contribution in [0.5, 0.6) is 0 Å². The molecule has 2 heteroatoms. The van der Waals surface area contributed by atoms with Crippen LogP contribution in [0.25, 0.3) is 11.4 Å². The molecule has 0 radical (unpaired) electrons. The highest BCUT2D eigenvalue weighted by atomic mass is 15.1. The molecule has 2 rings (SSSR count). The summed E-state index contributed by atoms with van der Waals surface area (Å²) in [6.07, 6.45) is 1.89. The summed E-state index contributed by atoms with van der Waals surface area (Å²) in [7, 11) is 2.03. The lowest BCUT2D eigenvalue weighted by Crippen LogP contribution is -1.93. The molecule has 1 heterocycles. The van der Waals surface area contributed by atoms with E-state index in [-0.39, 0.29) is 0 Å². The summed E-state index contributed by atoms with van der Waals surface area (Å²) in [5.74, 6) is 1.03. The number of aromatic nitrogens is 2. The van der Waals surface area contributed by atoms with Crippen molar-refractivity contribution < 1.29 is 0 Å². The Morgan fingerprint density at radius 1 is 1.07 bits per heavy atom. The van der Waals surface area contributed by atoms with Gasteiger partial charge in [0.1, 0.15) is 5.82 Å². The number of rotatable bonds is 1. The van der Waals surface area contributed by atoms with Crippen molar-refractivity contribution in [2.24, 2.45) is 7.05 Å². The van der Waals surface area contributed by atoms with Gasteiger partial charge in [-0.3, -0.25) is 0 Å². The van der Waals surface area contributed by atoms with Crippen molar-refractivity contribution >= 4 is 0 Å². The highest BCUT2D eigenvalue weighted by Crippen LogP contribution is 2.16. The first-order valence-corrected chi connectivity index (χ1v) is 5.33. The van der Waals surface area contributed by atoms with Gasteiger partial charge in [-0.1, -0.05) is 44.2 Å². The Balaban J connectivity index is 0.000000531. The maximum atomic E-state index is 4.35. The molecule has 0 unspecified atom stereocenters. The fraction of sp³-hybridized carbons (Fsp3) is 0.308. The zero-order valence-electron chi connectivity index (χ0n) is 9.86. The molecule has 0 atom stereocenters. The normalized spacial score (nSPS) is 9.33. The van der Waals surface area contributed by atoms with E-state index in [0.29, 0.717) is 0 Å². The van der Waals surface area contributed by atoms with E-state index in [1.165, 1.54) is 5.69 Å². The number of benzene rings is 1. The Morgan fingerprint density at radius 2 is 1.67 bits per heavy atom. The van der Waals surface area contributed by atoms with Crippen molar-refractivity contribution in [3.05, 3.63) is 42.2 Å². The zero-order chi connectivity index (χ0) is 11.3. The van der Waals surface area contributed by atoms with E-state index in [2.05, 4.69) is 28.6 Å². The number of imidazole rings is 1. The molecule has 2 nitrogen and oxygen atoms in total. The maximum Gasteiger partial charge on any atom is 0.139 e. The van der Waals surface area contributed by atoms with E-state index < -0.39 is 0 Å². The molecule has 0 aliphatic carbocycles. The molecule has 1 aromatic carbocycles. The minimum Gasteiger partial charge on any atom is -0.331 e. The molecule has 80 valence electrons. The van der Waals surface area contributed by atoms with Crippen LogP contribution < -0.4 is 0 Å². The summed E-state index contributed by atoms with van der Waals surface area (Å²) in [5, 5.41) is 0. The molecule has 2 aromatic rings. The van der Waals surface area contributed by atoms with E-state index in [0.717, 1.165) is 11.4 Å². The molecule has 0 aliphatic rings. The van der Waals surface area contributed by atoms with Gasteiger partial charge in [-0.25, -0.2) is 4.98 Å². The van der Waals surface area contributed by atoms with Gasteiger partial charge in [0.25, 0.3) is 0 Å². The first-order chi connectivity index (χ1) is 7.29. The molecular weight excluding hydrogens is 184 g/mol. The van der Waals surface area contributed by atoms with Crippen LogP contribution in [0.4, 0.5) is 0 Å². The van der Waals surface area contributed by atoms with Crippen LogP contribution in [0.3, 0.4) is 0 Å². The second kappa shape index (κ2) is 5.35. The SMILES string of the molecule is CC.Cc1cnc(-c2ccccc2)n1C. The summed E-state index contributed by atoms with van der Waals surface area (Å²) in [6.45, 7) is 6.06. The van der Waals surface area contributed by atoms with Crippen molar-refractivity contribution in [1.82, 2.24) is 9.55 Å². The summed E-state index contributed by atoms with van der Waals surface area (Å²) >= 11 is 0. The molecule has 0 amide bonds. The molecule has 0 fully saturated rings. The highest BCUT2D eigenvalue weighted by Gasteiger charge is 2.03. The highest BCUT2D eigenvalue weighted by molar-refractivity contribution is 5.55. The summed E-state index contributed by atoms with van der Waals surface area (Å²) < 4.78 is 2.09. The Kier molecular flexibility index (Phi) is 4.10. The lowest BCUT2D eigenvalue weighted by Gasteiger charge is -2.02. The number of nitrogens with zero attached hydrogens (tertiary/aromatic N) is 2. The minimum absolute atomic E-state index is 1.03. The average molecular weight is 202 g/mol. The fourth-order valence-corrected chi connectivity index (χ4v) is 1.35. The van der Waals surface area contributed by atoms with Gasteiger partial charge in [-0.05, 0) is 6.92 Å². The van der Waals surface area contributed by atoms with Crippen molar-refractivity contribution in [3.8, 4) is 11.4 Å². The Bertz CT molecular complexity index is 402. The lowest BCUT2D eigenvalue weighted by atomic mass is 10.2. The standard InChI is InChI=1S/C11H12N2.C2H6/c1-9-8-12-11(13(9)2)10-6-4-3-5-7-10;1-2/h3-8H,1-2H3;1-2H3. The second-order valence-electron chi connectivity index (χ2n) is 3.15. The van der Waals surface area contributed by atoms with Gasteiger partial charge in [0.05, 0.1) is 0 Å². The predicted octanol–water partition coefficient (Wildman–Crippen LogP) is 3.42. The van der Waals surface area contributed by atoms with Gasteiger partial charge in [0, 0.05) is 24.5 Å². The Morgan fingerprint density at radius 3 is 2.13 bits per heavy atom. The third-order valence-electron chi connectivity index (χ3n) is 2.25. The van der Waals surface area contributed by atoms with Crippen molar-refractivity contribution in [3.63, 3.8) is 0 Å². The molecule has 0 saturated heterocycles. The predicted molar refractivity (Wildman–Crippen MR) is 64.7 cm³/mol. The Labute approximate surface area is 91.6 Å². The van der Waals surface area contributed by atoms with E-state index in [9.17, 15) is 0 Å². The van der Waals surface area contributed by atoms with Crippen LogP contribution >= 0.6 is 0 Å². The van der Waals surface area contributed by atoms with Crippen LogP contribution in [0, 0.1) is 6.92 Å². The van der Waals surface area contributed by atoms with Gasteiger partial charge in [0.15, 0.2) is 0 Å². The van der Waals surface area contributed by atoms with Crippen LogP contribution in [0.1, 0.15) is 19.5 Å². The van der Waals surface area contributed by atoms with E-state index in [1.807, 2.05) is 45.3 Å². The summed E-state index contributed by atoms with van der Waals surface area (Å²) in [4.78, 5) is 4.35. The largest absolute Gasteiger partial charge is 0.331 e. The monoisotopic (exact) mass is 202 g/mol. The minimum atomic E-state index is 1.03. The zero-order valence-corrected chi connectivity index (χ0v) is 9.86. The molecule has 0 N–H and O–H groups in total. The first-order valence-electron chi connectivity index (χ1n) is 5.33. The maximum absolute atomic E-state index is 4.35. The van der Waals surface area contributed by atoms with E-state index in [4.69, 9.17) is 0 Å². The van der Waals surface area contributed by atoms with Gasteiger partial charge in [-0.2, -0.15) is 0 Å². The van der Waals surface area contributed by atoms with Crippen LogP contribution in [0.15, 0.2) is 36.5 Å². The van der Waals surface area contributed by atoms with Gasteiger partial charge >= 0.3 is 0 Å². The molecule has 0 saturated carbocycles. The van der Waals surface area contributed by atoms with E-state index >= 15 is 0 Å². The first kappa shape index (κ1) is 11.5. The molecule has 1 aromatic heterocycles. The second-order valence-corrected chi connectivity index (χ2v) is 3.15. The quantitative estimate of drug-likeness (QED) is 0.692. The third kappa shape index (κ3) is 2.46. The molecule has 15 heavy (non-hydrogen) atoms. The van der Waals surface area contributed by atoms with Crippen molar-refractivity contribution in [2.45, 2.75) is 20.8 Å². The number of hydrogen-bond donors (Lipinski definition) is 0. The van der Waals surface area contributed by atoms with Gasteiger partial charge in [-0.15, -0.1) is 0 Å². The summed E-state index contributed by atoms with van der Waals surface area (Å²) in [6, 6.07) is 10.2. The fourth-order valence-electron chi connectivity index (χ4n) is 1.35. The molecule has 0 aliphatic heterocycles. The lowest BCUT2D eigenvalue weighted by molar-refractivity contribution is 0.884. The number of hydrogen-bond acceptors (Lipinski definition) is 1. The van der Waals surface area contributed by atoms with E-state index in [1.54, 1.807) is 0 Å². The molecule has 0 spiro atoms. The van der Waals surface area contributed by atoms with Gasteiger partial charge in [0.2, 0.25) is 0 Å². The van der Waals surface area contributed by atoms with Gasteiger partial charge < -0.3 is 4.57 Å². The molecule has 0 bridgehead atoms. The topological polar surface area (TPSA) is 17.8 Å². The average Bonchev–Trinajstić information content (AvgIpc) is 2.64. The Hall–Kier alpha value is -1.57. The van der Waals surface area contributed by atoms with Crippen LogP contribution in [-0.2, 0) is 7.05 Å². The summed E-state index contributed by atoms with van der Waals surface area (Å²) in [5.41, 5.74) is 2.34. The van der Waals surface area contributed by atoms with Crippen LogP contribution in [-0.4, -0.2) is 9.55 Å². The molecular formula is C13H18N2. The number of aryl methyl sites for hydroxylation is 1. The van der Waals surface area contributed by atoms with Crippen molar-refractivity contribution in [1.29, 1.82) is 0 Å². The smallest absolute Gasteiger partial charge is 0.139 e. The van der Waals surface area contributed by atoms with Crippen molar-refractivity contribution in [2.75, 3.05) is 0 Å².